The molecule has 0 saturated carbocycles. The Bertz CT molecular complexity index is 855. The second-order valence-corrected chi connectivity index (χ2v) is 7.18. The number of fused-ring (bicyclic) bond motifs is 2. The number of carboxylic acids is 1. The van der Waals surface area contributed by atoms with Gasteiger partial charge in [0, 0.05) is 11.3 Å². The molecule has 0 saturated heterocycles. The average Bonchev–Trinajstić information content (AvgIpc) is 3.09. The van der Waals surface area contributed by atoms with Crippen molar-refractivity contribution in [3.63, 3.8) is 0 Å². The normalized spacial score (nSPS) is 21.8. The standard InChI is InChI=1S/C15H16N3O6P/c1-3-23-25(22,24-4-2)12-11(13(19)20)15(18-17-12)9-7-5-6-8-10(9)16-14(15)21/h5-8H,3-4H2,1-2H3,(H,16,21)(H,19,20)/t15-/m0/s1. The molecule has 2 aliphatic rings. The first-order chi connectivity index (χ1) is 11.9. The first-order valence-corrected chi connectivity index (χ1v) is 9.16. The predicted molar refractivity (Wildman–Crippen MR) is 87.1 cm³/mol. The highest BCUT2D eigenvalue weighted by Crippen LogP contribution is 2.63. The van der Waals surface area contributed by atoms with Gasteiger partial charge in [-0.05, 0) is 19.9 Å². The van der Waals surface area contributed by atoms with Gasteiger partial charge in [0.25, 0.3) is 5.91 Å². The van der Waals surface area contributed by atoms with Crippen molar-refractivity contribution in [2.45, 2.75) is 19.4 Å². The Labute approximate surface area is 143 Å². The topological polar surface area (TPSA) is 127 Å². The lowest BCUT2D eigenvalue weighted by atomic mass is 9.85. The average molecular weight is 365 g/mol. The zero-order valence-corrected chi connectivity index (χ0v) is 14.4. The third kappa shape index (κ3) is 2.43. The fourth-order valence-electron chi connectivity index (χ4n) is 2.92. The van der Waals surface area contributed by atoms with Crippen molar-refractivity contribution in [2.24, 2.45) is 10.2 Å². The number of aliphatic carboxylic acids is 1. The Morgan fingerprint density at radius 1 is 1.28 bits per heavy atom. The van der Waals surface area contributed by atoms with E-state index in [-0.39, 0.29) is 13.2 Å². The minimum absolute atomic E-state index is 0.0129. The molecule has 0 bridgehead atoms. The molecule has 0 unspecified atom stereocenters. The Morgan fingerprint density at radius 2 is 1.92 bits per heavy atom. The highest BCUT2D eigenvalue weighted by Gasteiger charge is 2.59. The molecule has 1 aromatic rings. The minimum Gasteiger partial charge on any atom is -0.478 e. The molecule has 0 aromatic heterocycles. The van der Waals surface area contributed by atoms with Gasteiger partial charge >= 0.3 is 13.6 Å². The van der Waals surface area contributed by atoms with E-state index in [1.165, 1.54) is 0 Å². The van der Waals surface area contributed by atoms with Gasteiger partial charge in [0.1, 0.15) is 5.57 Å². The molecular weight excluding hydrogens is 349 g/mol. The number of nitrogens with zero attached hydrogens (tertiary/aromatic N) is 2. The molecule has 2 aliphatic heterocycles. The number of nitrogens with one attached hydrogen (secondary N) is 1. The number of amides is 1. The number of azo groups is 1. The van der Waals surface area contributed by atoms with Gasteiger partial charge in [0.15, 0.2) is 5.44 Å². The molecule has 132 valence electrons. The van der Waals surface area contributed by atoms with Gasteiger partial charge in [-0.1, -0.05) is 18.2 Å². The molecule has 0 radical (unpaired) electrons. The maximum absolute atomic E-state index is 13.0. The number of para-hydroxylation sites is 1. The molecule has 3 rings (SSSR count). The predicted octanol–water partition coefficient (Wildman–Crippen LogP) is 2.86. The lowest BCUT2D eigenvalue weighted by Crippen LogP contribution is -2.36. The fourth-order valence-corrected chi connectivity index (χ4v) is 4.60. The summed E-state index contributed by atoms with van der Waals surface area (Å²) in [5.74, 6) is -2.14. The SMILES string of the molecule is CCOP(=O)(OCC)C1=C(C(=O)O)[C@]2(N=N1)C(=O)Nc1ccccc12. The quantitative estimate of drug-likeness (QED) is 0.746. The van der Waals surface area contributed by atoms with Crippen LogP contribution in [0.25, 0.3) is 0 Å². The molecule has 1 spiro atoms. The highest BCUT2D eigenvalue weighted by molar-refractivity contribution is 7.58. The summed E-state index contributed by atoms with van der Waals surface area (Å²) in [6.07, 6.45) is 0. The van der Waals surface area contributed by atoms with Crippen molar-refractivity contribution in [2.75, 3.05) is 18.5 Å². The lowest BCUT2D eigenvalue weighted by Gasteiger charge is -2.20. The molecule has 0 aliphatic carbocycles. The van der Waals surface area contributed by atoms with Gasteiger partial charge in [-0.15, -0.1) is 5.11 Å². The van der Waals surface area contributed by atoms with Gasteiger partial charge in [0.2, 0.25) is 5.54 Å². The van der Waals surface area contributed by atoms with Gasteiger partial charge in [-0.2, -0.15) is 5.11 Å². The summed E-state index contributed by atoms with van der Waals surface area (Å²) >= 11 is 0. The van der Waals surface area contributed by atoms with Crippen molar-refractivity contribution >= 4 is 25.2 Å². The van der Waals surface area contributed by atoms with Crippen molar-refractivity contribution in [3.8, 4) is 0 Å². The van der Waals surface area contributed by atoms with E-state index in [2.05, 4.69) is 15.5 Å². The third-order valence-corrected chi connectivity index (χ3v) is 5.87. The molecule has 10 heteroatoms. The Hall–Kier alpha value is -2.35. The van der Waals surface area contributed by atoms with Crippen LogP contribution in [-0.4, -0.2) is 30.2 Å². The molecule has 1 amide bonds. The fraction of sp³-hybridized carbons (Fsp3) is 0.333. The number of hydrogen-bond acceptors (Lipinski definition) is 7. The van der Waals surface area contributed by atoms with E-state index >= 15 is 0 Å². The smallest absolute Gasteiger partial charge is 0.382 e. The van der Waals surface area contributed by atoms with E-state index in [4.69, 9.17) is 9.05 Å². The molecule has 2 N–H and O–H groups in total. The number of hydrogen-bond donors (Lipinski definition) is 2. The molecule has 0 fully saturated rings. The molecule has 25 heavy (non-hydrogen) atoms. The molecule has 1 aromatic carbocycles. The molecule has 2 heterocycles. The van der Waals surface area contributed by atoms with E-state index in [0.717, 1.165) is 0 Å². The molecular formula is C15H16N3O6P. The van der Waals surface area contributed by atoms with Crippen LogP contribution in [0.4, 0.5) is 5.69 Å². The van der Waals surface area contributed by atoms with Gasteiger partial charge in [0.05, 0.1) is 13.2 Å². The largest absolute Gasteiger partial charge is 0.478 e. The summed E-state index contributed by atoms with van der Waals surface area (Å²) in [6.45, 7) is 3.20. The van der Waals surface area contributed by atoms with Crippen LogP contribution in [0.3, 0.4) is 0 Å². The van der Waals surface area contributed by atoms with Gasteiger partial charge in [-0.3, -0.25) is 9.36 Å². The highest BCUT2D eigenvalue weighted by atomic mass is 31.2. The number of anilines is 1. The molecule has 1 atom stereocenters. The monoisotopic (exact) mass is 365 g/mol. The summed E-state index contributed by atoms with van der Waals surface area (Å²) < 4.78 is 23.4. The van der Waals surface area contributed by atoms with E-state index < -0.39 is 36.0 Å². The van der Waals surface area contributed by atoms with Gasteiger partial charge in [-0.25, -0.2) is 4.79 Å². The van der Waals surface area contributed by atoms with E-state index in [1.54, 1.807) is 38.1 Å². The zero-order chi connectivity index (χ0) is 18.2. The van der Waals surface area contributed by atoms with Crippen LogP contribution in [0.5, 0.6) is 0 Å². The summed E-state index contributed by atoms with van der Waals surface area (Å²) in [6, 6.07) is 6.54. The summed E-state index contributed by atoms with van der Waals surface area (Å²) in [5, 5.41) is 20.1. The van der Waals surface area contributed by atoms with Crippen molar-refractivity contribution < 1.29 is 28.3 Å². The summed E-state index contributed by atoms with van der Waals surface area (Å²) in [7, 11) is -4.04. The van der Waals surface area contributed by atoms with Crippen LogP contribution < -0.4 is 5.32 Å². The number of rotatable bonds is 6. The lowest BCUT2D eigenvalue weighted by molar-refractivity contribution is -0.135. The number of benzene rings is 1. The van der Waals surface area contributed by atoms with Crippen LogP contribution >= 0.6 is 7.60 Å². The van der Waals surface area contributed by atoms with Crippen molar-refractivity contribution in [3.05, 3.63) is 40.8 Å². The minimum atomic E-state index is -4.04. The Morgan fingerprint density at radius 3 is 2.52 bits per heavy atom. The van der Waals surface area contributed by atoms with Crippen LogP contribution in [0, 0.1) is 0 Å². The first-order valence-electron chi connectivity index (χ1n) is 7.62. The zero-order valence-electron chi connectivity index (χ0n) is 13.6. The molecule has 9 nitrogen and oxygen atoms in total. The number of carbonyl (C=O) groups is 2. The maximum atomic E-state index is 13.0. The van der Waals surface area contributed by atoms with Gasteiger partial charge < -0.3 is 19.5 Å². The summed E-state index contributed by atoms with van der Waals surface area (Å²) in [5.41, 5.74) is -2.11. The van der Waals surface area contributed by atoms with Crippen LogP contribution in [0.2, 0.25) is 0 Å². The van der Waals surface area contributed by atoms with Crippen LogP contribution in [0.15, 0.2) is 45.5 Å². The van der Waals surface area contributed by atoms with Crippen molar-refractivity contribution in [1.29, 1.82) is 0 Å². The second kappa shape index (κ2) is 6.18. The Kier molecular flexibility index (Phi) is 4.32. The number of carbonyl (C=O) groups excluding carboxylic acids is 1. The Balaban J connectivity index is 2.27. The second-order valence-electron chi connectivity index (χ2n) is 5.25. The van der Waals surface area contributed by atoms with E-state index in [0.29, 0.717) is 11.3 Å². The maximum Gasteiger partial charge on any atom is 0.382 e. The van der Waals surface area contributed by atoms with Crippen LogP contribution in [-0.2, 0) is 28.7 Å². The number of carboxylic acid groups (broad SMARTS) is 1. The van der Waals surface area contributed by atoms with E-state index in [9.17, 15) is 19.3 Å². The summed E-state index contributed by atoms with van der Waals surface area (Å²) in [4.78, 5) is 24.6. The van der Waals surface area contributed by atoms with E-state index in [1.807, 2.05) is 0 Å². The van der Waals surface area contributed by atoms with Crippen LogP contribution in [0.1, 0.15) is 19.4 Å². The first kappa shape index (κ1) is 17.5. The van der Waals surface area contributed by atoms with Crippen molar-refractivity contribution in [1.82, 2.24) is 0 Å². The third-order valence-electron chi connectivity index (χ3n) is 3.85.